The van der Waals surface area contributed by atoms with Crippen molar-refractivity contribution in [2.24, 2.45) is 5.73 Å². The van der Waals surface area contributed by atoms with Crippen LogP contribution in [0.4, 0.5) is 4.39 Å². The van der Waals surface area contributed by atoms with Gasteiger partial charge in [-0.25, -0.2) is 4.39 Å². The van der Waals surface area contributed by atoms with Gasteiger partial charge in [0, 0.05) is 5.56 Å². The van der Waals surface area contributed by atoms with Gasteiger partial charge in [-0.3, -0.25) is 4.79 Å². The van der Waals surface area contributed by atoms with E-state index in [2.05, 4.69) is 12.2 Å². The van der Waals surface area contributed by atoms with Crippen molar-refractivity contribution in [3.05, 3.63) is 35.1 Å². The highest BCUT2D eigenvalue weighted by molar-refractivity contribution is 7.80. The minimum Gasteiger partial charge on any atom is -0.481 e. The molecule has 0 amide bonds. The van der Waals surface area contributed by atoms with Crippen molar-refractivity contribution in [3.8, 4) is 0 Å². The van der Waals surface area contributed by atoms with Gasteiger partial charge in [0.1, 0.15) is 10.8 Å². The molecule has 14 heavy (non-hydrogen) atoms. The van der Waals surface area contributed by atoms with Crippen LogP contribution in [0.15, 0.2) is 18.2 Å². The molecule has 5 heteroatoms. The predicted molar refractivity (Wildman–Crippen MR) is 53.6 cm³/mol. The summed E-state index contributed by atoms with van der Waals surface area (Å²) in [4.78, 5) is 10.3. The van der Waals surface area contributed by atoms with Crippen LogP contribution in [0, 0.1) is 5.82 Å². The largest absolute Gasteiger partial charge is 0.481 e. The number of thiocarbonyl (C=S) groups is 1. The zero-order valence-corrected chi connectivity index (χ0v) is 7.97. The molecule has 0 aliphatic carbocycles. The third-order valence-electron chi connectivity index (χ3n) is 1.65. The van der Waals surface area contributed by atoms with Crippen LogP contribution in [0.3, 0.4) is 0 Å². The van der Waals surface area contributed by atoms with Crippen LogP contribution in [0.2, 0.25) is 0 Å². The summed E-state index contributed by atoms with van der Waals surface area (Å²) < 4.78 is 13.0. The molecule has 0 aromatic heterocycles. The molecular weight excluding hydrogens is 205 g/mol. The molecule has 3 nitrogen and oxygen atoms in total. The highest BCUT2D eigenvalue weighted by Gasteiger charge is 2.07. The van der Waals surface area contributed by atoms with Crippen LogP contribution in [-0.2, 0) is 11.2 Å². The molecule has 1 aromatic carbocycles. The standard InChI is InChI=1S/C9H8FNO2S/c10-7-2-1-5(4-8(12)13)3-6(7)9(11)14/h1-3H,4H2,(H2,11,14)(H,12,13). The molecule has 1 rings (SSSR count). The lowest BCUT2D eigenvalue weighted by molar-refractivity contribution is -0.136. The molecule has 0 atom stereocenters. The van der Waals surface area contributed by atoms with E-state index in [1.165, 1.54) is 12.1 Å². The number of hydrogen-bond donors (Lipinski definition) is 2. The van der Waals surface area contributed by atoms with Crippen molar-refractivity contribution in [1.29, 1.82) is 0 Å². The number of carbonyl (C=O) groups is 1. The summed E-state index contributed by atoms with van der Waals surface area (Å²) in [5.74, 6) is -1.52. The van der Waals surface area contributed by atoms with Crippen LogP contribution in [0.5, 0.6) is 0 Å². The Balaban J connectivity index is 3.06. The van der Waals surface area contributed by atoms with Gasteiger partial charge in [0.05, 0.1) is 6.42 Å². The average molecular weight is 213 g/mol. The zero-order chi connectivity index (χ0) is 10.7. The van der Waals surface area contributed by atoms with E-state index < -0.39 is 11.8 Å². The minimum atomic E-state index is -0.981. The number of carboxylic acid groups (broad SMARTS) is 1. The highest BCUT2D eigenvalue weighted by atomic mass is 32.1. The predicted octanol–water partition coefficient (Wildman–Crippen LogP) is 1.09. The van der Waals surface area contributed by atoms with Crippen LogP contribution >= 0.6 is 12.2 Å². The Morgan fingerprint density at radius 1 is 1.57 bits per heavy atom. The van der Waals surface area contributed by atoms with Crippen LogP contribution in [0.1, 0.15) is 11.1 Å². The summed E-state index contributed by atoms with van der Waals surface area (Å²) in [7, 11) is 0. The third-order valence-corrected chi connectivity index (χ3v) is 1.87. The molecule has 0 saturated carbocycles. The number of benzene rings is 1. The normalized spacial score (nSPS) is 9.79. The molecule has 3 N–H and O–H groups in total. The van der Waals surface area contributed by atoms with E-state index in [4.69, 9.17) is 10.8 Å². The monoisotopic (exact) mass is 213 g/mol. The maximum absolute atomic E-state index is 13.0. The first kappa shape index (κ1) is 10.6. The molecule has 0 fully saturated rings. The number of halogens is 1. The van der Waals surface area contributed by atoms with Crippen molar-refractivity contribution in [2.75, 3.05) is 0 Å². The summed E-state index contributed by atoms with van der Waals surface area (Å²) >= 11 is 4.61. The van der Waals surface area contributed by atoms with Crippen LogP contribution < -0.4 is 5.73 Å². The maximum atomic E-state index is 13.0. The fourth-order valence-electron chi connectivity index (χ4n) is 1.05. The highest BCUT2D eigenvalue weighted by Crippen LogP contribution is 2.11. The topological polar surface area (TPSA) is 63.3 Å². The molecule has 0 radical (unpaired) electrons. The fourth-order valence-corrected chi connectivity index (χ4v) is 1.20. The minimum absolute atomic E-state index is 0.0743. The molecular formula is C9H8FNO2S. The Morgan fingerprint density at radius 2 is 2.21 bits per heavy atom. The van der Waals surface area contributed by atoms with Gasteiger partial charge in [0.25, 0.3) is 0 Å². The Morgan fingerprint density at radius 3 is 2.71 bits per heavy atom. The van der Waals surface area contributed by atoms with Crippen molar-refractivity contribution >= 4 is 23.2 Å². The summed E-state index contributed by atoms with van der Waals surface area (Å²) in [6.07, 6.45) is -0.171. The lowest BCUT2D eigenvalue weighted by Gasteiger charge is -2.03. The summed E-state index contributed by atoms with van der Waals surface area (Å²) in [5, 5.41) is 8.51. The maximum Gasteiger partial charge on any atom is 0.307 e. The summed E-state index contributed by atoms with van der Waals surface area (Å²) in [6.45, 7) is 0. The van der Waals surface area contributed by atoms with Gasteiger partial charge in [-0.05, 0) is 17.7 Å². The molecule has 0 spiro atoms. The van der Waals surface area contributed by atoms with Crippen molar-refractivity contribution in [1.82, 2.24) is 0 Å². The van der Waals surface area contributed by atoms with E-state index in [0.717, 1.165) is 6.07 Å². The lowest BCUT2D eigenvalue weighted by atomic mass is 10.1. The molecule has 74 valence electrons. The molecule has 1 aromatic rings. The first-order chi connectivity index (χ1) is 6.50. The number of nitrogens with two attached hydrogens (primary N) is 1. The van der Waals surface area contributed by atoms with E-state index >= 15 is 0 Å². The Hall–Kier alpha value is -1.49. The Kier molecular flexibility index (Phi) is 3.14. The fraction of sp³-hybridized carbons (Fsp3) is 0.111. The molecule has 0 unspecified atom stereocenters. The van der Waals surface area contributed by atoms with Crippen LogP contribution in [0.25, 0.3) is 0 Å². The van der Waals surface area contributed by atoms with E-state index in [1.807, 2.05) is 0 Å². The smallest absolute Gasteiger partial charge is 0.307 e. The second-order valence-electron chi connectivity index (χ2n) is 2.75. The van der Waals surface area contributed by atoms with Crippen molar-refractivity contribution in [2.45, 2.75) is 6.42 Å². The number of hydrogen-bond acceptors (Lipinski definition) is 2. The number of rotatable bonds is 3. The number of aliphatic carboxylic acids is 1. The Labute approximate surface area is 85.3 Å². The summed E-state index contributed by atoms with van der Waals surface area (Å²) in [5.41, 5.74) is 5.81. The van der Waals surface area contributed by atoms with Crippen molar-refractivity contribution < 1.29 is 14.3 Å². The van der Waals surface area contributed by atoms with Crippen molar-refractivity contribution in [3.63, 3.8) is 0 Å². The molecule has 0 heterocycles. The van der Waals surface area contributed by atoms with Crippen LogP contribution in [-0.4, -0.2) is 16.1 Å². The second-order valence-corrected chi connectivity index (χ2v) is 3.19. The summed E-state index contributed by atoms with van der Waals surface area (Å²) in [6, 6.07) is 3.91. The first-order valence-electron chi connectivity index (χ1n) is 3.80. The number of carboxylic acids is 1. The third kappa shape index (κ3) is 2.50. The van der Waals surface area contributed by atoms with E-state index in [0.29, 0.717) is 5.56 Å². The van der Waals surface area contributed by atoms with Gasteiger partial charge < -0.3 is 10.8 Å². The SMILES string of the molecule is NC(=S)c1cc(CC(=O)O)ccc1F. The quantitative estimate of drug-likeness (QED) is 0.738. The molecule has 0 saturated heterocycles. The molecule has 0 aliphatic heterocycles. The average Bonchev–Trinajstić information content (AvgIpc) is 2.07. The molecule has 0 aliphatic rings. The van der Waals surface area contributed by atoms with Gasteiger partial charge in [-0.2, -0.15) is 0 Å². The lowest BCUT2D eigenvalue weighted by Crippen LogP contribution is -2.12. The van der Waals surface area contributed by atoms with Gasteiger partial charge in [-0.15, -0.1) is 0 Å². The zero-order valence-electron chi connectivity index (χ0n) is 7.16. The Bertz CT molecular complexity index is 392. The molecule has 0 bridgehead atoms. The van der Waals surface area contributed by atoms with E-state index in [9.17, 15) is 9.18 Å². The van der Waals surface area contributed by atoms with E-state index in [1.54, 1.807) is 0 Å². The van der Waals surface area contributed by atoms with Gasteiger partial charge in [-0.1, -0.05) is 18.3 Å². The van der Waals surface area contributed by atoms with E-state index in [-0.39, 0.29) is 17.0 Å². The first-order valence-corrected chi connectivity index (χ1v) is 4.21. The van der Waals surface area contributed by atoms with Gasteiger partial charge in [0.2, 0.25) is 0 Å². The van der Waals surface area contributed by atoms with Gasteiger partial charge >= 0.3 is 5.97 Å². The van der Waals surface area contributed by atoms with Gasteiger partial charge in [0.15, 0.2) is 0 Å². The second kappa shape index (κ2) is 4.15.